The molecule has 0 bridgehead atoms. The van der Waals surface area contributed by atoms with Gasteiger partial charge in [0.15, 0.2) is 0 Å². The number of nitrogens with one attached hydrogen (secondary N) is 2. The number of hydrogen-bond acceptors (Lipinski definition) is 6. The largest absolute Gasteiger partial charge is 0.495 e. The van der Waals surface area contributed by atoms with Crippen molar-refractivity contribution in [1.29, 1.82) is 0 Å². The maximum Gasteiger partial charge on any atom is 0.321 e. The molecule has 1 unspecified atom stereocenters. The van der Waals surface area contributed by atoms with E-state index >= 15 is 0 Å². The van der Waals surface area contributed by atoms with Gasteiger partial charge in [0.1, 0.15) is 10.8 Å². The summed E-state index contributed by atoms with van der Waals surface area (Å²) in [6.45, 7) is 1.16. The first-order chi connectivity index (χ1) is 15.5. The number of piperidine rings is 1. The minimum atomic E-state index is -0.336. The van der Waals surface area contributed by atoms with Crippen LogP contribution in [0.15, 0.2) is 48.5 Å². The van der Waals surface area contributed by atoms with Gasteiger partial charge in [0, 0.05) is 29.7 Å². The summed E-state index contributed by atoms with van der Waals surface area (Å²) in [5.41, 5.74) is 1.22. The maximum absolute atomic E-state index is 12.8. The van der Waals surface area contributed by atoms with Gasteiger partial charge < -0.3 is 20.3 Å². The first-order valence-corrected chi connectivity index (χ1v) is 11.3. The van der Waals surface area contributed by atoms with E-state index in [2.05, 4.69) is 20.8 Å². The Kier molecular flexibility index (Phi) is 6.87. The summed E-state index contributed by atoms with van der Waals surface area (Å²) in [5.74, 6) is 0.295. The fourth-order valence-electron chi connectivity index (χ4n) is 3.55. The van der Waals surface area contributed by atoms with E-state index < -0.39 is 0 Å². The average Bonchev–Trinajstić information content (AvgIpc) is 3.30. The summed E-state index contributed by atoms with van der Waals surface area (Å²) in [6, 6.07) is 14.0. The van der Waals surface area contributed by atoms with Gasteiger partial charge in [0.05, 0.1) is 12.8 Å². The highest BCUT2D eigenvalue weighted by atomic mass is 35.5. The normalized spacial score (nSPS) is 15.8. The maximum atomic E-state index is 12.8. The van der Waals surface area contributed by atoms with Crippen LogP contribution >= 0.6 is 22.9 Å². The molecule has 2 heterocycles. The molecule has 1 fully saturated rings. The number of para-hydroxylation sites is 2. The van der Waals surface area contributed by atoms with Gasteiger partial charge in [0.25, 0.3) is 5.91 Å². The van der Waals surface area contributed by atoms with E-state index in [0.717, 1.165) is 17.8 Å². The number of carbonyl (C=O) groups is 2. The SMILES string of the molecule is COc1ccccc1NC(=O)N1CCCC(c2nnc(C(=O)Nc3cccc(Cl)c3)s2)C1. The molecule has 32 heavy (non-hydrogen) atoms. The van der Waals surface area contributed by atoms with E-state index in [1.165, 1.54) is 11.3 Å². The molecule has 3 amide bonds. The van der Waals surface area contributed by atoms with Gasteiger partial charge in [-0.1, -0.05) is 41.1 Å². The minimum absolute atomic E-state index is 0.0254. The molecule has 166 valence electrons. The molecule has 1 saturated heterocycles. The third kappa shape index (κ3) is 5.17. The Balaban J connectivity index is 1.40. The van der Waals surface area contributed by atoms with Gasteiger partial charge in [-0.2, -0.15) is 0 Å². The zero-order valence-electron chi connectivity index (χ0n) is 17.4. The van der Waals surface area contributed by atoms with Gasteiger partial charge >= 0.3 is 6.03 Å². The molecule has 8 nitrogen and oxygen atoms in total. The topological polar surface area (TPSA) is 96.4 Å². The summed E-state index contributed by atoms with van der Waals surface area (Å²) >= 11 is 7.22. The standard InChI is InChI=1S/C22H22ClN5O3S/c1-31-18-10-3-2-9-17(18)25-22(30)28-11-5-6-14(13-28)20-26-27-21(32-20)19(29)24-16-8-4-7-15(23)12-16/h2-4,7-10,12,14H,5-6,11,13H2,1H3,(H,24,29)(H,25,30). The molecule has 10 heteroatoms. The summed E-state index contributed by atoms with van der Waals surface area (Å²) in [4.78, 5) is 27.1. The molecule has 1 aromatic heterocycles. The smallest absolute Gasteiger partial charge is 0.321 e. The fraction of sp³-hybridized carbons (Fsp3) is 0.273. The number of amides is 3. The number of hydrogen-bond donors (Lipinski definition) is 2. The van der Waals surface area contributed by atoms with Crippen molar-refractivity contribution in [2.75, 3.05) is 30.8 Å². The van der Waals surface area contributed by atoms with Crippen molar-refractivity contribution in [3.05, 3.63) is 63.6 Å². The second kappa shape index (κ2) is 9.97. The minimum Gasteiger partial charge on any atom is -0.495 e. The van der Waals surface area contributed by atoms with Crippen molar-refractivity contribution in [2.24, 2.45) is 0 Å². The Morgan fingerprint density at radius 1 is 1.16 bits per heavy atom. The third-order valence-corrected chi connectivity index (χ3v) is 6.44. The van der Waals surface area contributed by atoms with E-state index in [1.807, 2.05) is 12.1 Å². The number of anilines is 2. The molecule has 2 N–H and O–H groups in total. The molecule has 1 aliphatic heterocycles. The van der Waals surface area contributed by atoms with Gasteiger partial charge in [0.2, 0.25) is 5.01 Å². The van der Waals surface area contributed by atoms with Gasteiger partial charge in [-0.15, -0.1) is 10.2 Å². The van der Waals surface area contributed by atoms with Gasteiger partial charge in [-0.25, -0.2) is 4.79 Å². The number of carbonyl (C=O) groups excluding carboxylic acids is 2. The zero-order valence-corrected chi connectivity index (χ0v) is 18.9. The van der Waals surface area contributed by atoms with E-state index in [0.29, 0.717) is 35.2 Å². The number of benzene rings is 2. The van der Waals surface area contributed by atoms with Crippen LogP contribution in [0.1, 0.15) is 33.6 Å². The van der Waals surface area contributed by atoms with E-state index in [4.69, 9.17) is 16.3 Å². The molecular weight excluding hydrogens is 450 g/mol. The van der Waals surface area contributed by atoms with Crippen LogP contribution in [0, 0.1) is 0 Å². The molecule has 3 aromatic rings. The van der Waals surface area contributed by atoms with Crippen molar-refractivity contribution in [3.63, 3.8) is 0 Å². The Hall–Kier alpha value is -3.17. The number of methoxy groups -OCH3 is 1. The van der Waals surface area contributed by atoms with Crippen LogP contribution in [0.2, 0.25) is 5.02 Å². The van der Waals surface area contributed by atoms with Crippen LogP contribution in [-0.4, -0.2) is 47.2 Å². The number of halogens is 1. The number of urea groups is 1. The van der Waals surface area contributed by atoms with Crippen LogP contribution < -0.4 is 15.4 Å². The number of rotatable bonds is 5. The molecule has 1 atom stereocenters. The highest BCUT2D eigenvalue weighted by molar-refractivity contribution is 7.13. The van der Waals surface area contributed by atoms with Crippen LogP contribution in [0.4, 0.5) is 16.2 Å². The number of nitrogens with zero attached hydrogens (tertiary/aromatic N) is 3. The Morgan fingerprint density at radius 2 is 2.00 bits per heavy atom. The van der Waals surface area contributed by atoms with E-state index in [-0.39, 0.29) is 22.9 Å². The monoisotopic (exact) mass is 471 g/mol. The highest BCUT2D eigenvalue weighted by Crippen LogP contribution is 2.30. The summed E-state index contributed by atoms with van der Waals surface area (Å²) in [7, 11) is 1.57. The lowest BCUT2D eigenvalue weighted by Gasteiger charge is -2.31. The number of aromatic nitrogens is 2. The van der Waals surface area contributed by atoms with Crippen molar-refractivity contribution in [1.82, 2.24) is 15.1 Å². The molecule has 0 spiro atoms. The van der Waals surface area contributed by atoms with Crippen LogP contribution in [-0.2, 0) is 0 Å². The Morgan fingerprint density at radius 3 is 2.81 bits per heavy atom. The van der Waals surface area contributed by atoms with Gasteiger partial charge in [-0.3, -0.25) is 4.79 Å². The fourth-order valence-corrected chi connectivity index (χ4v) is 4.60. The van der Waals surface area contributed by atoms with Gasteiger partial charge in [-0.05, 0) is 43.2 Å². The lowest BCUT2D eigenvalue weighted by Crippen LogP contribution is -2.41. The average molecular weight is 472 g/mol. The van der Waals surface area contributed by atoms with Crippen LogP contribution in [0.3, 0.4) is 0 Å². The summed E-state index contributed by atoms with van der Waals surface area (Å²) in [6.07, 6.45) is 1.72. The predicted molar refractivity (Wildman–Crippen MR) is 125 cm³/mol. The molecule has 0 radical (unpaired) electrons. The number of ether oxygens (including phenoxy) is 1. The zero-order chi connectivity index (χ0) is 22.5. The predicted octanol–water partition coefficient (Wildman–Crippen LogP) is 4.86. The van der Waals surface area contributed by atoms with Crippen molar-refractivity contribution in [2.45, 2.75) is 18.8 Å². The molecule has 2 aromatic carbocycles. The molecule has 0 aliphatic carbocycles. The lowest BCUT2D eigenvalue weighted by molar-refractivity contribution is 0.102. The second-order valence-electron chi connectivity index (χ2n) is 7.33. The molecule has 4 rings (SSSR count). The van der Waals surface area contributed by atoms with Crippen molar-refractivity contribution >= 4 is 46.3 Å². The third-order valence-electron chi connectivity index (χ3n) is 5.12. The summed E-state index contributed by atoms with van der Waals surface area (Å²) in [5, 5.41) is 15.5. The first kappa shape index (κ1) is 22.0. The molecule has 1 aliphatic rings. The Labute approximate surface area is 194 Å². The van der Waals surface area contributed by atoms with Crippen molar-refractivity contribution in [3.8, 4) is 5.75 Å². The molecule has 0 saturated carbocycles. The van der Waals surface area contributed by atoms with E-state index in [9.17, 15) is 9.59 Å². The Bertz CT molecular complexity index is 1120. The lowest BCUT2D eigenvalue weighted by atomic mass is 9.99. The second-order valence-corrected chi connectivity index (χ2v) is 8.77. The summed E-state index contributed by atoms with van der Waals surface area (Å²) < 4.78 is 5.30. The van der Waals surface area contributed by atoms with E-state index in [1.54, 1.807) is 48.4 Å². The van der Waals surface area contributed by atoms with Crippen molar-refractivity contribution < 1.29 is 14.3 Å². The first-order valence-electron chi connectivity index (χ1n) is 10.1. The number of likely N-dealkylation sites (tertiary alicyclic amines) is 1. The molecular formula is C22H22ClN5O3S. The highest BCUT2D eigenvalue weighted by Gasteiger charge is 2.28. The van der Waals surface area contributed by atoms with Crippen LogP contribution in [0.5, 0.6) is 5.75 Å². The van der Waals surface area contributed by atoms with Crippen LogP contribution in [0.25, 0.3) is 0 Å². The quantitative estimate of drug-likeness (QED) is 0.553.